The predicted molar refractivity (Wildman–Crippen MR) is 79.0 cm³/mol. The van der Waals surface area contributed by atoms with Gasteiger partial charge in [0.25, 0.3) is 5.69 Å². The maximum Gasteiger partial charge on any atom is 0.295 e. The van der Waals surface area contributed by atoms with Gasteiger partial charge in [-0.2, -0.15) is 0 Å². The molecule has 21 heavy (non-hydrogen) atoms. The average Bonchev–Trinajstić information content (AvgIpc) is 2.48. The number of hydrogen-bond acceptors (Lipinski definition) is 4. The van der Waals surface area contributed by atoms with E-state index in [1.807, 2.05) is 19.1 Å². The van der Waals surface area contributed by atoms with E-state index in [1.165, 1.54) is 6.07 Å². The highest BCUT2D eigenvalue weighted by Gasteiger charge is 2.18. The minimum Gasteiger partial charge on any atom is -0.374 e. The van der Waals surface area contributed by atoms with Gasteiger partial charge in [0.15, 0.2) is 0 Å². The predicted octanol–water partition coefficient (Wildman–Crippen LogP) is 3.96. The molecule has 0 atom stereocenters. The van der Waals surface area contributed by atoms with Crippen LogP contribution in [0.15, 0.2) is 30.5 Å². The molecule has 0 saturated heterocycles. The normalized spacial score (nSPS) is 10.4. The van der Waals surface area contributed by atoms with Gasteiger partial charge >= 0.3 is 0 Å². The number of aryl methyl sites for hydroxylation is 1. The van der Waals surface area contributed by atoms with E-state index in [1.54, 1.807) is 6.20 Å². The largest absolute Gasteiger partial charge is 0.374 e. The lowest BCUT2D eigenvalue weighted by atomic mass is 10.1. The maximum absolute atomic E-state index is 13.3. The van der Waals surface area contributed by atoms with E-state index in [0.29, 0.717) is 6.54 Å². The molecular weight excluding hydrogens is 297 g/mol. The number of nitro groups is 1. The molecule has 1 aromatic carbocycles. The van der Waals surface area contributed by atoms with E-state index < -0.39 is 10.7 Å². The van der Waals surface area contributed by atoms with Crippen LogP contribution in [0.4, 0.5) is 15.8 Å². The molecule has 2 aromatic rings. The number of benzene rings is 1. The monoisotopic (exact) mass is 309 g/mol. The van der Waals surface area contributed by atoms with Gasteiger partial charge in [-0.1, -0.05) is 24.6 Å². The van der Waals surface area contributed by atoms with Gasteiger partial charge in [0.2, 0.25) is 0 Å². The number of rotatable bonds is 5. The van der Waals surface area contributed by atoms with Crippen LogP contribution in [-0.2, 0) is 13.0 Å². The zero-order chi connectivity index (χ0) is 15.4. The number of anilines is 1. The summed E-state index contributed by atoms with van der Waals surface area (Å²) in [7, 11) is 0. The molecule has 2 rings (SSSR count). The van der Waals surface area contributed by atoms with Gasteiger partial charge in [-0.3, -0.25) is 15.1 Å². The highest BCUT2D eigenvalue weighted by Crippen LogP contribution is 2.30. The first-order valence-electron chi connectivity index (χ1n) is 6.33. The van der Waals surface area contributed by atoms with Crippen LogP contribution < -0.4 is 5.32 Å². The second kappa shape index (κ2) is 6.49. The third kappa shape index (κ3) is 3.46. The molecule has 7 heteroatoms. The Bertz CT molecular complexity index is 679. The van der Waals surface area contributed by atoms with Crippen molar-refractivity contribution < 1.29 is 9.31 Å². The Morgan fingerprint density at radius 3 is 2.90 bits per heavy atom. The summed E-state index contributed by atoms with van der Waals surface area (Å²) in [5.74, 6) is -0.819. The molecule has 0 bridgehead atoms. The van der Waals surface area contributed by atoms with Gasteiger partial charge in [0.1, 0.15) is 11.5 Å². The van der Waals surface area contributed by atoms with Crippen LogP contribution in [0.1, 0.15) is 18.2 Å². The molecule has 0 saturated carbocycles. The molecule has 110 valence electrons. The Morgan fingerprint density at radius 2 is 2.24 bits per heavy atom. The molecule has 5 nitrogen and oxygen atoms in total. The van der Waals surface area contributed by atoms with Crippen LogP contribution >= 0.6 is 11.6 Å². The molecule has 0 aliphatic rings. The number of hydrogen-bond donors (Lipinski definition) is 1. The number of nitrogens with zero attached hydrogens (tertiary/aromatic N) is 2. The van der Waals surface area contributed by atoms with E-state index in [4.69, 9.17) is 11.6 Å². The molecular formula is C14H13ClFN3O2. The number of aromatic nitrogens is 1. The molecule has 1 N–H and O–H groups in total. The van der Waals surface area contributed by atoms with E-state index >= 15 is 0 Å². The van der Waals surface area contributed by atoms with Gasteiger partial charge in [0.05, 0.1) is 28.3 Å². The Balaban J connectivity index is 2.27. The molecule has 0 spiro atoms. The zero-order valence-corrected chi connectivity index (χ0v) is 12.0. The topological polar surface area (TPSA) is 68.1 Å². The van der Waals surface area contributed by atoms with Gasteiger partial charge in [-0.05, 0) is 24.1 Å². The van der Waals surface area contributed by atoms with Gasteiger partial charge in [0, 0.05) is 6.20 Å². The second-order valence-electron chi connectivity index (χ2n) is 4.36. The summed E-state index contributed by atoms with van der Waals surface area (Å²) in [6.45, 7) is 2.30. The van der Waals surface area contributed by atoms with Crippen LogP contribution in [0, 0.1) is 15.9 Å². The average molecular weight is 310 g/mol. The first kappa shape index (κ1) is 15.2. The van der Waals surface area contributed by atoms with Crippen molar-refractivity contribution in [3.63, 3.8) is 0 Å². The lowest BCUT2D eigenvalue weighted by Gasteiger charge is -2.10. The Hall–Kier alpha value is -2.21. The second-order valence-corrected chi connectivity index (χ2v) is 4.76. The fourth-order valence-electron chi connectivity index (χ4n) is 1.96. The highest BCUT2D eigenvalue weighted by atomic mass is 35.5. The lowest BCUT2D eigenvalue weighted by Crippen LogP contribution is -2.07. The standard InChI is InChI=1S/C14H13ClFN3O2/c1-2-9-4-3-5-17-13(9)8-18-12-6-10(15)11(16)7-14(12)19(20)21/h3-7,18H,2,8H2,1H3. The maximum atomic E-state index is 13.3. The van der Waals surface area contributed by atoms with E-state index in [2.05, 4.69) is 10.3 Å². The van der Waals surface area contributed by atoms with Gasteiger partial charge in [-0.25, -0.2) is 4.39 Å². The number of nitrogens with one attached hydrogen (secondary N) is 1. The fourth-order valence-corrected chi connectivity index (χ4v) is 2.12. The first-order valence-corrected chi connectivity index (χ1v) is 6.70. The third-order valence-electron chi connectivity index (χ3n) is 3.05. The van der Waals surface area contributed by atoms with Crippen molar-refractivity contribution in [1.29, 1.82) is 0 Å². The summed E-state index contributed by atoms with van der Waals surface area (Å²) in [6, 6.07) is 5.79. The number of pyridine rings is 1. The van der Waals surface area contributed by atoms with Crippen molar-refractivity contribution in [3.05, 3.63) is 62.7 Å². The first-order chi connectivity index (χ1) is 10.0. The lowest BCUT2D eigenvalue weighted by molar-refractivity contribution is -0.384. The Morgan fingerprint density at radius 1 is 1.48 bits per heavy atom. The van der Waals surface area contributed by atoms with Crippen molar-refractivity contribution >= 4 is 23.0 Å². The summed E-state index contributed by atoms with van der Waals surface area (Å²) in [5, 5.41) is 13.7. The minimum absolute atomic E-state index is 0.166. The SMILES string of the molecule is CCc1cccnc1CNc1cc(Cl)c(F)cc1[N+](=O)[O-]. The van der Waals surface area contributed by atoms with E-state index in [9.17, 15) is 14.5 Å². The van der Waals surface area contributed by atoms with Gasteiger partial charge < -0.3 is 5.32 Å². The summed E-state index contributed by atoms with van der Waals surface area (Å²) in [6.07, 6.45) is 2.46. The van der Waals surface area contributed by atoms with Crippen molar-refractivity contribution in [2.24, 2.45) is 0 Å². The van der Waals surface area contributed by atoms with Crippen LogP contribution in [-0.4, -0.2) is 9.91 Å². The zero-order valence-electron chi connectivity index (χ0n) is 11.3. The van der Waals surface area contributed by atoms with E-state index in [0.717, 1.165) is 23.7 Å². The van der Waals surface area contributed by atoms with Crippen molar-refractivity contribution in [1.82, 2.24) is 4.98 Å². The minimum atomic E-state index is -0.819. The molecule has 0 radical (unpaired) electrons. The van der Waals surface area contributed by atoms with Gasteiger partial charge in [-0.15, -0.1) is 0 Å². The summed E-state index contributed by atoms with van der Waals surface area (Å²) in [4.78, 5) is 14.5. The quantitative estimate of drug-likeness (QED) is 0.670. The van der Waals surface area contributed by atoms with Crippen LogP contribution in [0.25, 0.3) is 0 Å². The fraction of sp³-hybridized carbons (Fsp3) is 0.214. The summed E-state index contributed by atoms with van der Waals surface area (Å²) in [5.41, 5.74) is 1.64. The van der Waals surface area contributed by atoms with Crippen LogP contribution in [0.5, 0.6) is 0 Å². The van der Waals surface area contributed by atoms with Crippen LogP contribution in [0.3, 0.4) is 0 Å². The molecule has 1 aromatic heterocycles. The molecule has 0 aliphatic carbocycles. The Labute approximate surface area is 125 Å². The molecule has 0 unspecified atom stereocenters. The van der Waals surface area contributed by atoms with Crippen molar-refractivity contribution in [2.75, 3.05) is 5.32 Å². The van der Waals surface area contributed by atoms with E-state index in [-0.39, 0.29) is 16.4 Å². The molecule has 1 heterocycles. The molecule has 0 aliphatic heterocycles. The highest BCUT2D eigenvalue weighted by molar-refractivity contribution is 6.31. The Kier molecular flexibility index (Phi) is 4.70. The van der Waals surface area contributed by atoms with Crippen molar-refractivity contribution in [3.8, 4) is 0 Å². The summed E-state index contributed by atoms with van der Waals surface area (Å²) < 4.78 is 13.3. The smallest absolute Gasteiger partial charge is 0.295 e. The van der Waals surface area contributed by atoms with Crippen molar-refractivity contribution in [2.45, 2.75) is 19.9 Å². The molecule has 0 fully saturated rings. The van der Waals surface area contributed by atoms with Crippen LogP contribution in [0.2, 0.25) is 5.02 Å². The number of halogens is 2. The molecule has 0 amide bonds. The summed E-state index contributed by atoms with van der Waals surface area (Å²) >= 11 is 5.68. The number of nitro benzene ring substituents is 1. The third-order valence-corrected chi connectivity index (χ3v) is 3.34.